The summed E-state index contributed by atoms with van der Waals surface area (Å²) in [4.78, 5) is 29.0. The second kappa shape index (κ2) is 9.49. The zero-order valence-corrected chi connectivity index (χ0v) is 19.6. The van der Waals surface area contributed by atoms with Crippen molar-refractivity contribution in [3.63, 3.8) is 0 Å². The van der Waals surface area contributed by atoms with Gasteiger partial charge in [0.2, 0.25) is 0 Å². The summed E-state index contributed by atoms with van der Waals surface area (Å²) in [5.74, 6) is -3.87. The third-order valence-electron chi connectivity index (χ3n) is 5.80. The van der Waals surface area contributed by atoms with Crippen LogP contribution in [0.3, 0.4) is 0 Å². The van der Waals surface area contributed by atoms with Crippen molar-refractivity contribution in [3.05, 3.63) is 53.1 Å². The molecule has 3 atom stereocenters. The van der Waals surface area contributed by atoms with Gasteiger partial charge in [-0.1, -0.05) is 26.0 Å². The van der Waals surface area contributed by atoms with Crippen LogP contribution in [0.2, 0.25) is 0 Å². The first kappa shape index (κ1) is 24.7. The molecule has 7 nitrogen and oxygen atoms in total. The van der Waals surface area contributed by atoms with E-state index in [4.69, 9.17) is 4.74 Å². The van der Waals surface area contributed by atoms with Crippen LogP contribution in [0.15, 0.2) is 24.4 Å². The zero-order chi connectivity index (χ0) is 24.5. The van der Waals surface area contributed by atoms with Crippen LogP contribution in [0.1, 0.15) is 82.4 Å². The topological polar surface area (TPSA) is 93.5 Å². The summed E-state index contributed by atoms with van der Waals surface area (Å²) in [5, 5.41) is 12.7. The molecule has 0 saturated carbocycles. The molecular weight excluding hydrogens is 432 g/mol. The number of rotatable bonds is 5. The number of ether oxygens (including phenoxy) is 1. The van der Waals surface area contributed by atoms with Gasteiger partial charge in [-0.2, -0.15) is 0 Å². The molecule has 33 heavy (non-hydrogen) atoms. The van der Waals surface area contributed by atoms with E-state index < -0.39 is 47.2 Å². The highest BCUT2D eigenvalue weighted by Gasteiger charge is 2.35. The van der Waals surface area contributed by atoms with Crippen molar-refractivity contribution in [1.29, 1.82) is 0 Å². The molecule has 1 aromatic carbocycles. The molecule has 2 aromatic rings. The Hall–Kier alpha value is -2.97. The molecule has 0 aliphatic carbocycles. The van der Waals surface area contributed by atoms with Crippen LogP contribution in [0.5, 0.6) is 0 Å². The minimum Gasteiger partial charge on any atom is -0.481 e. The first-order valence-corrected chi connectivity index (χ1v) is 11.1. The van der Waals surface area contributed by atoms with Crippen LogP contribution in [0.25, 0.3) is 0 Å². The molecule has 0 radical (unpaired) electrons. The lowest BCUT2D eigenvalue weighted by Crippen LogP contribution is -2.35. The van der Waals surface area contributed by atoms with Gasteiger partial charge in [0.1, 0.15) is 17.3 Å². The van der Waals surface area contributed by atoms with Gasteiger partial charge < -0.3 is 19.7 Å². The third kappa shape index (κ3) is 5.51. The van der Waals surface area contributed by atoms with E-state index in [-0.39, 0.29) is 18.0 Å². The molecule has 180 valence electrons. The second-order valence-electron chi connectivity index (χ2n) is 9.83. The fourth-order valence-electron chi connectivity index (χ4n) is 4.37. The molecule has 1 aromatic heterocycles. The number of amides is 1. The number of benzene rings is 1. The van der Waals surface area contributed by atoms with Crippen LogP contribution in [-0.4, -0.2) is 32.3 Å². The summed E-state index contributed by atoms with van der Waals surface area (Å²) in [6.45, 7) is 9.07. The Bertz CT molecular complexity index is 1030. The Morgan fingerprint density at radius 1 is 1.24 bits per heavy atom. The van der Waals surface area contributed by atoms with E-state index in [0.717, 1.165) is 6.07 Å². The number of aromatic nitrogens is 2. The standard InChI is InChI=1S/C24H31F2N3O4/c1-13(2)19(22(30)31)18-11-27-21-17(28-23(32)33-24(3,4)5)10-9-14(12-29(18)21)15-7-6-8-16(25)20(15)26/h6-8,11,13-14,17,19H,9-10,12H2,1-5H3,(H,28,32)(H,30,31)/t14-,17-,19?/m1/s1. The van der Waals surface area contributed by atoms with Gasteiger partial charge in [0.25, 0.3) is 0 Å². The molecular formula is C24H31F2N3O4. The van der Waals surface area contributed by atoms with Crippen molar-refractivity contribution in [3.8, 4) is 0 Å². The van der Waals surface area contributed by atoms with Crippen molar-refractivity contribution >= 4 is 12.1 Å². The number of nitrogens with zero attached hydrogens (tertiary/aromatic N) is 2. The molecule has 1 amide bonds. The van der Waals surface area contributed by atoms with Crippen LogP contribution >= 0.6 is 0 Å². The number of carboxylic acid groups (broad SMARTS) is 1. The first-order valence-electron chi connectivity index (χ1n) is 11.1. The number of alkyl carbamates (subject to hydrolysis) is 1. The fourth-order valence-corrected chi connectivity index (χ4v) is 4.37. The highest BCUT2D eigenvalue weighted by molar-refractivity contribution is 5.75. The summed E-state index contributed by atoms with van der Waals surface area (Å²) in [7, 11) is 0. The Morgan fingerprint density at radius 3 is 2.55 bits per heavy atom. The van der Waals surface area contributed by atoms with Gasteiger partial charge in [-0.25, -0.2) is 18.6 Å². The third-order valence-corrected chi connectivity index (χ3v) is 5.80. The number of halogens is 2. The predicted molar refractivity (Wildman–Crippen MR) is 118 cm³/mol. The molecule has 1 aliphatic heterocycles. The number of carbonyl (C=O) groups is 2. The normalized spacial score (nSPS) is 19.5. The number of hydrogen-bond acceptors (Lipinski definition) is 4. The molecule has 9 heteroatoms. The van der Waals surface area contributed by atoms with E-state index in [1.54, 1.807) is 39.2 Å². The van der Waals surface area contributed by atoms with Crippen molar-refractivity contribution in [2.24, 2.45) is 5.92 Å². The summed E-state index contributed by atoms with van der Waals surface area (Å²) >= 11 is 0. The molecule has 0 spiro atoms. The molecule has 1 aliphatic rings. The fraction of sp³-hybridized carbons (Fsp3) is 0.542. The summed E-state index contributed by atoms with van der Waals surface area (Å²) < 4.78 is 35.7. The minimum atomic E-state index is -0.998. The van der Waals surface area contributed by atoms with E-state index in [1.165, 1.54) is 18.3 Å². The Labute approximate surface area is 192 Å². The van der Waals surface area contributed by atoms with Crippen LogP contribution in [0.4, 0.5) is 13.6 Å². The maximum Gasteiger partial charge on any atom is 0.408 e. The monoisotopic (exact) mass is 463 g/mol. The van der Waals surface area contributed by atoms with Gasteiger partial charge in [0.15, 0.2) is 11.6 Å². The number of imidazole rings is 1. The lowest BCUT2D eigenvalue weighted by atomic mass is 9.91. The van der Waals surface area contributed by atoms with E-state index in [9.17, 15) is 23.5 Å². The molecule has 0 saturated heterocycles. The summed E-state index contributed by atoms with van der Waals surface area (Å²) in [6, 6.07) is 3.49. The number of carbonyl (C=O) groups excluding carboxylic acids is 1. The number of nitrogens with one attached hydrogen (secondary N) is 1. The number of hydrogen-bond donors (Lipinski definition) is 2. The van der Waals surface area contributed by atoms with Crippen molar-refractivity contribution in [2.75, 3.05) is 0 Å². The average molecular weight is 464 g/mol. The maximum absolute atomic E-state index is 14.6. The Kier molecular flexibility index (Phi) is 7.09. The van der Waals surface area contributed by atoms with E-state index in [1.807, 2.05) is 0 Å². The lowest BCUT2D eigenvalue weighted by molar-refractivity contribution is -0.140. The quantitative estimate of drug-likeness (QED) is 0.641. The van der Waals surface area contributed by atoms with Crippen LogP contribution in [0, 0.1) is 17.6 Å². The highest BCUT2D eigenvalue weighted by atomic mass is 19.2. The lowest BCUT2D eigenvalue weighted by Gasteiger charge is -2.24. The average Bonchev–Trinajstić information content (AvgIpc) is 2.98. The van der Waals surface area contributed by atoms with Gasteiger partial charge in [0, 0.05) is 18.7 Å². The van der Waals surface area contributed by atoms with Gasteiger partial charge >= 0.3 is 12.1 Å². The molecule has 2 N–H and O–H groups in total. The van der Waals surface area contributed by atoms with E-state index >= 15 is 0 Å². The van der Waals surface area contributed by atoms with E-state index in [2.05, 4.69) is 10.3 Å². The molecule has 1 unspecified atom stereocenters. The smallest absolute Gasteiger partial charge is 0.408 e. The van der Waals surface area contributed by atoms with Gasteiger partial charge in [-0.05, 0) is 51.2 Å². The van der Waals surface area contributed by atoms with Crippen molar-refractivity contribution in [1.82, 2.24) is 14.9 Å². The SMILES string of the molecule is CC(C)C(C(=O)O)c1cnc2n1C[C@H](c1cccc(F)c1F)CC[C@H]2NC(=O)OC(C)(C)C. The Morgan fingerprint density at radius 2 is 1.94 bits per heavy atom. The maximum atomic E-state index is 14.6. The van der Waals surface area contributed by atoms with Gasteiger partial charge in [-0.3, -0.25) is 4.79 Å². The largest absolute Gasteiger partial charge is 0.481 e. The van der Waals surface area contributed by atoms with E-state index in [0.29, 0.717) is 24.4 Å². The number of aliphatic carboxylic acids is 1. The van der Waals surface area contributed by atoms with Gasteiger partial charge in [-0.15, -0.1) is 0 Å². The molecule has 2 heterocycles. The molecule has 3 rings (SSSR count). The first-order chi connectivity index (χ1) is 15.4. The summed E-state index contributed by atoms with van der Waals surface area (Å²) in [5.41, 5.74) is -0.0172. The zero-order valence-electron chi connectivity index (χ0n) is 19.6. The second-order valence-corrected chi connectivity index (χ2v) is 9.83. The highest BCUT2D eigenvalue weighted by Crippen LogP contribution is 2.37. The molecule has 0 bridgehead atoms. The Balaban J connectivity index is 2.04. The molecule has 0 fully saturated rings. The van der Waals surface area contributed by atoms with Crippen molar-refractivity contribution < 1.29 is 28.2 Å². The van der Waals surface area contributed by atoms with Crippen LogP contribution < -0.4 is 5.32 Å². The van der Waals surface area contributed by atoms with Crippen molar-refractivity contribution in [2.45, 2.75) is 77.5 Å². The minimum absolute atomic E-state index is 0.216. The van der Waals surface area contributed by atoms with Crippen LogP contribution in [-0.2, 0) is 16.1 Å². The number of fused-ring (bicyclic) bond motifs is 1. The van der Waals surface area contributed by atoms with Gasteiger partial charge in [0.05, 0.1) is 11.7 Å². The summed E-state index contributed by atoms with van der Waals surface area (Å²) in [6.07, 6.45) is 1.71. The number of carboxylic acids is 1. The predicted octanol–water partition coefficient (Wildman–Crippen LogP) is 5.13.